The maximum Gasteiger partial charge on any atom is 0.0486 e. The summed E-state index contributed by atoms with van der Waals surface area (Å²) in [6, 6.07) is 47.9. The third kappa shape index (κ3) is 5.46. The van der Waals surface area contributed by atoms with Crippen LogP contribution in [-0.4, -0.2) is 39.9 Å². The average molecular weight is 773 g/mol. The Morgan fingerprint density at radius 3 is 0.967 bits per heavy atom. The maximum atomic E-state index is 3.82. The van der Waals surface area contributed by atoms with Crippen molar-refractivity contribution in [1.29, 1.82) is 0 Å². The van der Waals surface area contributed by atoms with E-state index in [0.29, 0.717) is 0 Å². The maximum absolute atomic E-state index is 3.82. The highest BCUT2D eigenvalue weighted by Gasteiger charge is 2.28. The summed E-state index contributed by atoms with van der Waals surface area (Å²) in [5, 5.41) is 8.13. The monoisotopic (exact) mass is 772 g/mol. The molecule has 0 saturated heterocycles. The van der Waals surface area contributed by atoms with Crippen LogP contribution in [0.15, 0.2) is 133 Å². The molecule has 13 rings (SSSR count). The van der Waals surface area contributed by atoms with Gasteiger partial charge in [-0.1, -0.05) is 24.3 Å². The first-order valence-corrected chi connectivity index (χ1v) is 20.2. The molecule has 8 aromatic heterocycles. The summed E-state index contributed by atoms with van der Waals surface area (Å²) in [6.45, 7) is 0. The largest absolute Gasteiger partial charge is 0.355 e. The number of hydrogen-bond donors (Lipinski definition) is 8. The molecule has 8 nitrogen and oxygen atoms in total. The van der Waals surface area contributed by atoms with Crippen LogP contribution < -0.4 is 42.8 Å². The van der Waals surface area contributed by atoms with Crippen LogP contribution in [0.5, 0.6) is 0 Å². The van der Waals surface area contributed by atoms with E-state index in [9.17, 15) is 0 Å². The lowest BCUT2D eigenvalue weighted by atomic mass is 9.76. The summed E-state index contributed by atoms with van der Waals surface area (Å²) in [4.78, 5) is 29.6. The van der Waals surface area contributed by atoms with Crippen LogP contribution >= 0.6 is 0 Å². The first-order chi connectivity index (χ1) is 29.6. The van der Waals surface area contributed by atoms with Gasteiger partial charge in [0.2, 0.25) is 0 Å². The fraction of sp³-hybridized carbons (Fsp3) is 0. The van der Waals surface area contributed by atoms with Crippen molar-refractivity contribution in [2.75, 3.05) is 0 Å². The Hall–Kier alpha value is -8.36. The van der Waals surface area contributed by atoms with Crippen molar-refractivity contribution in [3.8, 4) is 22.3 Å². The van der Waals surface area contributed by atoms with Crippen LogP contribution in [0.4, 0.5) is 0 Å². The van der Waals surface area contributed by atoms with Crippen molar-refractivity contribution < 1.29 is 0 Å². The molecular weight excluding hydrogens is 737 g/mol. The van der Waals surface area contributed by atoms with Crippen LogP contribution in [0.2, 0.25) is 0 Å². The number of aromatic nitrogens is 8. The molecule has 1 aliphatic carbocycles. The highest BCUT2D eigenvalue weighted by Crippen LogP contribution is 2.50. The van der Waals surface area contributed by atoms with Gasteiger partial charge in [-0.05, 0) is 179 Å². The summed E-state index contributed by atoms with van der Waals surface area (Å²) < 4.78 is 0. The fourth-order valence-electron chi connectivity index (χ4n) is 9.18. The molecule has 10 aromatic rings. The number of fused-ring (bicyclic) bond motifs is 20. The molecule has 3 aliphatic rings. The Morgan fingerprint density at radius 2 is 0.567 bits per heavy atom. The van der Waals surface area contributed by atoms with E-state index in [1.165, 1.54) is 22.3 Å². The Bertz CT molecular complexity index is 3650. The van der Waals surface area contributed by atoms with Crippen molar-refractivity contribution in [1.82, 2.24) is 39.9 Å². The van der Waals surface area contributed by atoms with Crippen molar-refractivity contribution >= 4 is 47.6 Å². The van der Waals surface area contributed by atoms with Crippen LogP contribution in [0, 0.1) is 0 Å². The number of benzene rings is 2. The molecule has 0 radical (unpaired) electrons. The highest BCUT2D eigenvalue weighted by molar-refractivity contribution is 6.06. The molecular formula is C52H36N8. The van der Waals surface area contributed by atoms with Crippen LogP contribution in [0.25, 0.3) is 69.9 Å². The minimum absolute atomic E-state index is 1.00. The van der Waals surface area contributed by atoms with E-state index in [0.717, 1.165) is 111 Å². The summed E-state index contributed by atoms with van der Waals surface area (Å²) >= 11 is 0. The quantitative estimate of drug-likeness (QED) is 0.129. The normalized spacial score (nSPS) is 13.4. The molecule has 0 fully saturated rings. The molecule has 284 valence electrons. The lowest BCUT2D eigenvalue weighted by Crippen LogP contribution is -2.19. The Kier molecular flexibility index (Phi) is 6.85. The third-order valence-electron chi connectivity index (χ3n) is 11.9. The van der Waals surface area contributed by atoms with Gasteiger partial charge in [0.25, 0.3) is 0 Å². The minimum Gasteiger partial charge on any atom is -0.355 e. The van der Waals surface area contributed by atoms with Gasteiger partial charge in [0, 0.05) is 99.5 Å². The molecule has 16 bridgehead atoms. The van der Waals surface area contributed by atoms with Crippen LogP contribution in [0.1, 0.15) is 56.7 Å². The fourth-order valence-corrected chi connectivity index (χ4v) is 9.18. The average Bonchev–Trinajstić information content (AvgIpc) is 4.09. The summed E-state index contributed by atoms with van der Waals surface area (Å²) in [5.41, 5.74) is 17.5. The Morgan fingerprint density at radius 1 is 0.233 bits per heavy atom. The van der Waals surface area contributed by atoms with Crippen molar-refractivity contribution in [2.24, 2.45) is 0 Å². The van der Waals surface area contributed by atoms with Gasteiger partial charge in [0.05, 0.1) is 0 Å². The topological polar surface area (TPSA) is 126 Å². The van der Waals surface area contributed by atoms with Crippen LogP contribution in [-0.2, 0) is 0 Å². The number of hydrogen-bond acceptors (Lipinski definition) is 0. The van der Waals surface area contributed by atoms with Crippen molar-refractivity contribution in [3.05, 3.63) is 233 Å². The second kappa shape index (κ2) is 12.6. The molecule has 0 atom stereocenters. The first kappa shape index (κ1) is 32.7. The lowest BCUT2D eigenvalue weighted by Gasteiger charge is -2.27. The molecule has 60 heavy (non-hydrogen) atoms. The number of H-pyrrole nitrogens is 8. The zero-order chi connectivity index (χ0) is 39.3. The molecule has 8 heteroatoms. The zero-order valence-corrected chi connectivity index (χ0v) is 32.2. The second-order valence-corrected chi connectivity index (χ2v) is 15.9. The van der Waals surface area contributed by atoms with E-state index in [1.807, 2.05) is 0 Å². The van der Waals surface area contributed by atoms with Gasteiger partial charge >= 0.3 is 0 Å². The molecule has 0 amide bonds. The van der Waals surface area contributed by atoms with Gasteiger partial charge in [0.15, 0.2) is 0 Å². The minimum atomic E-state index is 1.00. The van der Waals surface area contributed by atoms with Gasteiger partial charge in [-0.2, -0.15) is 0 Å². The van der Waals surface area contributed by atoms with E-state index in [4.69, 9.17) is 0 Å². The van der Waals surface area contributed by atoms with Crippen molar-refractivity contribution in [2.45, 2.75) is 0 Å². The molecule has 2 aromatic carbocycles. The predicted octanol–water partition coefficient (Wildman–Crippen LogP) is 4.05. The van der Waals surface area contributed by atoms with Gasteiger partial charge in [-0.15, -0.1) is 0 Å². The summed E-state index contributed by atoms with van der Waals surface area (Å²) in [7, 11) is 0. The first-order valence-electron chi connectivity index (χ1n) is 20.2. The Labute approximate surface area is 341 Å². The summed E-state index contributed by atoms with van der Waals surface area (Å²) in [6.07, 6.45) is 12.9. The van der Waals surface area contributed by atoms with Crippen molar-refractivity contribution in [3.63, 3.8) is 0 Å². The number of rotatable bonds is 2. The molecule has 0 saturated carbocycles. The smallest absolute Gasteiger partial charge is 0.0486 e. The standard InChI is InChI=1S/C52H36N8/c1-2-4-42-41(3-1)43-27-45(51-47-17-13-37(57-47)23-33-9-5-29(53-33)21-30-6-10-34(54-30)24-38-14-18-48(51)58-38)46(28-44(42)43)52-49-19-15-39(59-49)25-35-11-7-31(55-35)22-32-8-12-36(56-32)26-40-16-20-50(52)60-40/h1-28,53-60H. The molecule has 10 heterocycles. The number of aromatic amines is 8. The SMILES string of the molecule is C1=c2ccc([nH]2)=Cc2ccc([nH]2)C(c2cc3c(cc2C2=c4ccc([nH]4)=Cc4ccc([nH]4)C=c4ccc([nH]4)=Cc4ccc2[nH]4)-c2ccccc2-3)=c2ccc([nH]2)=Cc2ccc1[nH]2. The third-order valence-corrected chi connectivity index (χ3v) is 11.9. The molecule has 8 N–H and O–H groups in total. The second-order valence-electron chi connectivity index (χ2n) is 15.9. The predicted molar refractivity (Wildman–Crippen MR) is 239 cm³/mol. The van der Waals surface area contributed by atoms with E-state index in [-0.39, 0.29) is 0 Å². The summed E-state index contributed by atoms with van der Waals surface area (Å²) in [5.74, 6) is 0. The van der Waals surface area contributed by atoms with E-state index < -0.39 is 0 Å². The lowest BCUT2D eigenvalue weighted by molar-refractivity contribution is 1.20. The zero-order valence-electron chi connectivity index (χ0n) is 32.2. The van der Waals surface area contributed by atoms with Gasteiger partial charge < -0.3 is 39.9 Å². The van der Waals surface area contributed by atoms with Gasteiger partial charge in [0.1, 0.15) is 0 Å². The van der Waals surface area contributed by atoms with E-state index in [1.54, 1.807) is 0 Å². The van der Waals surface area contributed by atoms with E-state index >= 15 is 0 Å². The van der Waals surface area contributed by atoms with Crippen LogP contribution in [0.3, 0.4) is 0 Å². The molecule has 0 spiro atoms. The molecule has 0 unspecified atom stereocenters. The van der Waals surface area contributed by atoms with Gasteiger partial charge in [-0.25, -0.2) is 0 Å². The molecule has 2 aliphatic heterocycles. The Balaban J connectivity index is 1.12. The number of nitrogens with one attached hydrogen (secondary N) is 8. The van der Waals surface area contributed by atoms with Gasteiger partial charge in [-0.3, -0.25) is 0 Å². The highest BCUT2D eigenvalue weighted by atomic mass is 14.8. The van der Waals surface area contributed by atoms with E-state index in [2.05, 4.69) is 210 Å².